The molecule has 0 radical (unpaired) electrons. The number of carbonyl (C=O) groups is 1. The average molecular weight is 429 g/mol. The molecule has 0 fully saturated rings. The van der Waals surface area contributed by atoms with Crippen LogP contribution >= 0.6 is 11.6 Å². The van der Waals surface area contributed by atoms with Gasteiger partial charge in [-0.15, -0.1) is 11.6 Å². The van der Waals surface area contributed by atoms with Gasteiger partial charge in [0, 0.05) is 13.1 Å². The van der Waals surface area contributed by atoms with Crippen molar-refractivity contribution >= 4 is 23.3 Å². The highest BCUT2D eigenvalue weighted by atomic mass is 35.5. The molecular formula is C25H33ClN2O2. The minimum atomic E-state index is -1.02. The van der Waals surface area contributed by atoms with Crippen LogP contribution in [0.15, 0.2) is 48.1 Å². The van der Waals surface area contributed by atoms with E-state index >= 15 is 0 Å². The van der Waals surface area contributed by atoms with Crippen LogP contribution in [0.25, 0.3) is 5.57 Å². The van der Waals surface area contributed by atoms with Gasteiger partial charge in [0.25, 0.3) is 0 Å². The summed E-state index contributed by atoms with van der Waals surface area (Å²) < 4.78 is 5.61. The second-order valence-corrected chi connectivity index (χ2v) is 9.83. The number of alkyl halides is 1. The van der Waals surface area contributed by atoms with Crippen LogP contribution < -0.4 is 0 Å². The zero-order valence-corrected chi connectivity index (χ0v) is 19.7. The number of amides is 1. The van der Waals surface area contributed by atoms with E-state index in [1.54, 1.807) is 4.90 Å². The number of nitrogens with zero attached hydrogens (tertiary/aromatic N) is 2. The smallest absolute Gasteiger partial charge is 0.410 e. The third-order valence-corrected chi connectivity index (χ3v) is 5.89. The Morgan fingerprint density at radius 1 is 1.30 bits per heavy atom. The van der Waals surface area contributed by atoms with Crippen molar-refractivity contribution in [3.63, 3.8) is 0 Å². The zero-order valence-electron chi connectivity index (χ0n) is 18.9. The fourth-order valence-corrected chi connectivity index (χ4v) is 3.77. The molecule has 2 unspecified atom stereocenters. The van der Waals surface area contributed by atoms with Crippen LogP contribution in [0.4, 0.5) is 4.79 Å². The minimum Gasteiger partial charge on any atom is -0.444 e. The normalized spacial score (nSPS) is 21.5. The van der Waals surface area contributed by atoms with Crippen molar-refractivity contribution in [1.82, 2.24) is 4.90 Å². The van der Waals surface area contributed by atoms with Crippen LogP contribution in [-0.4, -0.2) is 35.1 Å². The largest absolute Gasteiger partial charge is 0.444 e. The van der Waals surface area contributed by atoms with E-state index in [4.69, 9.17) is 16.3 Å². The predicted molar refractivity (Wildman–Crippen MR) is 123 cm³/mol. The topological polar surface area (TPSA) is 53.3 Å². The number of allylic oxidation sites excluding steroid dienone is 3. The SMILES string of the molecule is CC1=C(c2ccccc2)C=CC(C#N)(CN(CCC(C)C)C(=O)OC(C)(C)C)C1Cl. The Morgan fingerprint density at radius 2 is 1.93 bits per heavy atom. The summed E-state index contributed by atoms with van der Waals surface area (Å²) in [5, 5.41) is 9.59. The van der Waals surface area contributed by atoms with Gasteiger partial charge < -0.3 is 9.64 Å². The van der Waals surface area contributed by atoms with Gasteiger partial charge in [-0.2, -0.15) is 5.26 Å². The maximum absolute atomic E-state index is 12.9. The fourth-order valence-electron chi connectivity index (χ4n) is 3.47. The molecule has 4 nitrogen and oxygen atoms in total. The number of carbonyl (C=O) groups excluding carboxylic acids is 1. The summed E-state index contributed by atoms with van der Waals surface area (Å²) in [6.07, 6.45) is 4.22. The molecule has 2 atom stereocenters. The van der Waals surface area contributed by atoms with Crippen LogP contribution in [0.1, 0.15) is 53.5 Å². The number of nitriles is 1. The molecule has 0 bridgehead atoms. The van der Waals surface area contributed by atoms with Gasteiger partial charge in [0.2, 0.25) is 0 Å². The lowest BCUT2D eigenvalue weighted by atomic mass is 9.75. The van der Waals surface area contributed by atoms with Crippen LogP contribution in [-0.2, 0) is 4.74 Å². The summed E-state index contributed by atoms with van der Waals surface area (Å²) in [7, 11) is 0. The lowest BCUT2D eigenvalue weighted by Gasteiger charge is -2.38. The van der Waals surface area contributed by atoms with Gasteiger partial charge >= 0.3 is 6.09 Å². The molecule has 1 aromatic carbocycles. The first-order valence-electron chi connectivity index (χ1n) is 10.5. The van der Waals surface area contributed by atoms with Crippen LogP contribution in [0, 0.1) is 22.7 Å². The Kier molecular flexibility index (Phi) is 7.77. The summed E-state index contributed by atoms with van der Waals surface area (Å²) >= 11 is 6.87. The molecule has 0 aromatic heterocycles. The first-order chi connectivity index (χ1) is 14.0. The molecule has 0 saturated carbocycles. The number of benzene rings is 1. The highest BCUT2D eigenvalue weighted by molar-refractivity contribution is 6.24. The molecule has 0 spiro atoms. The van der Waals surface area contributed by atoms with Crippen LogP contribution in [0.5, 0.6) is 0 Å². The molecule has 1 amide bonds. The Labute approximate surface area is 186 Å². The van der Waals surface area contributed by atoms with Crippen molar-refractivity contribution in [2.75, 3.05) is 13.1 Å². The molecule has 0 saturated heterocycles. The monoisotopic (exact) mass is 428 g/mol. The fraction of sp³-hybridized carbons (Fsp3) is 0.520. The number of hydrogen-bond donors (Lipinski definition) is 0. The van der Waals surface area contributed by atoms with Crippen molar-refractivity contribution < 1.29 is 9.53 Å². The van der Waals surface area contributed by atoms with E-state index in [1.807, 2.05) is 70.2 Å². The van der Waals surface area contributed by atoms with Crippen LogP contribution in [0.3, 0.4) is 0 Å². The Morgan fingerprint density at radius 3 is 2.47 bits per heavy atom. The van der Waals surface area contributed by atoms with E-state index in [0.29, 0.717) is 12.5 Å². The summed E-state index contributed by atoms with van der Waals surface area (Å²) in [6, 6.07) is 12.4. The van der Waals surface area contributed by atoms with E-state index in [1.165, 1.54) is 0 Å². The molecule has 0 N–H and O–H groups in total. The average Bonchev–Trinajstić information content (AvgIpc) is 2.67. The quantitative estimate of drug-likeness (QED) is 0.490. The van der Waals surface area contributed by atoms with Crippen molar-refractivity contribution in [2.45, 2.75) is 58.9 Å². The molecule has 0 heterocycles. The highest BCUT2D eigenvalue weighted by Gasteiger charge is 2.43. The van der Waals surface area contributed by atoms with Gasteiger partial charge in [0.1, 0.15) is 11.0 Å². The first kappa shape index (κ1) is 24.0. The van der Waals surface area contributed by atoms with E-state index in [0.717, 1.165) is 23.1 Å². The molecular weight excluding hydrogens is 396 g/mol. The van der Waals surface area contributed by atoms with Crippen molar-refractivity contribution in [3.05, 3.63) is 53.6 Å². The first-order valence-corrected chi connectivity index (χ1v) is 10.9. The Hall–Kier alpha value is -2.25. The lowest BCUT2D eigenvalue weighted by Crippen LogP contribution is -2.47. The predicted octanol–water partition coefficient (Wildman–Crippen LogP) is 6.43. The molecule has 1 aromatic rings. The van der Waals surface area contributed by atoms with Gasteiger partial charge in [0.05, 0.1) is 11.4 Å². The van der Waals surface area contributed by atoms with Crippen molar-refractivity contribution in [3.8, 4) is 6.07 Å². The zero-order chi connectivity index (χ0) is 22.5. The van der Waals surface area contributed by atoms with Gasteiger partial charge in [-0.1, -0.05) is 56.3 Å². The van der Waals surface area contributed by atoms with Crippen molar-refractivity contribution in [1.29, 1.82) is 5.26 Å². The number of ether oxygens (including phenoxy) is 1. The second kappa shape index (κ2) is 9.71. The minimum absolute atomic E-state index is 0.190. The van der Waals surface area contributed by atoms with E-state index < -0.39 is 22.5 Å². The summed E-state index contributed by atoms with van der Waals surface area (Å²) in [5.41, 5.74) is 1.39. The van der Waals surface area contributed by atoms with E-state index in [-0.39, 0.29) is 6.54 Å². The van der Waals surface area contributed by atoms with Gasteiger partial charge in [-0.3, -0.25) is 0 Å². The van der Waals surface area contributed by atoms with Gasteiger partial charge in [0.15, 0.2) is 0 Å². The molecule has 162 valence electrons. The summed E-state index contributed by atoms with van der Waals surface area (Å²) in [4.78, 5) is 14.5. The van der Waals surface area contributed by atoms with E-state index in [2.05, 4.69) is 19.9 Å². The molecule has 5 heteroatoms. The van der Waals surface area contributed by atoms with Gasteiger partial charge in [-0.05, 0) is 56.7 Å². The molecule has 2 rings (SSSR count). The van der Waals surface area contributed by atoms with E-state index in [9.17, 15) is 10.1 Å². The van der Waals surface area contributed by atoms with Crippen molar-refractivity contribution in [2.24, 2.45) is 11.3 Å². The van der Waals surface area contributed by atoms with Crippen LogP contribution in [0.2, 0.25) is 0 Å². The van der Waals surface area contributed by atoms with Gasteiger partial charge in [-0.25, -0.2) is 4.79 Å². The molecule has 30 heavy (non-hydrogen) atoms. The summed E-state index contributed by atoms with van der Waals surface area (Å²) in [5.74, 6) is 0.424. The summed E-state index contributed by atoms with van der Waals surface area (Å²) in [6.45, 7) is 12.4. The third kappa shape index (κ3) is 5.89. The second-order valence-electron chi connectivity index (χ2n) is 9.40. The number of hydrogen-bond acceptors (Lipinski definition) is 3. The number of halogens is 1. The Bertz CT molecular complexity index is 846. The lowest BCUT2D eigenvalue weighted by molar-refractivity contribution is 0.0203. The standard InChI is InChI=1S/C25H33ClN2O2/c1-18(2)13-15-28(23(29)30-24(4,5)6)17-25(16-27)14-12-21(19(3)22(25)26)20-10-8-7-9-11-20/h7-12,14,18,22H,13,15,17H2,1-6H3. The molecule has 0 aliphatic heterocycles. The number of rotatable bonds is 6. The highest BCUT2D eigenvalue weighted by Crippen LogP contribution is 2.42. The molecule has 1 aliphatic rings. The Balaban J connectivity index is 2.33. The third-order valence-electron chi connectivity index (χ3n) is 5.18. The maximum Gasteiger partial charge on any atom is 0.410 e. The molecule has 1 aliphatic carbocycles. The maximum atomic E-state index is 12.9.